The minimum absolute atomic E-state index is 0.00436. The van der Waals surface area contributed by atoms with Crippen LogP contribution in [0, 0.1) is 17.8 Å². The first kappa shape index (κ1) is 60.9. The Bertz CT molecular complexity index is 3180. The van der Waals surface area contributed by atoms with Gasteiger partial charge in [0.05, 0.1) is 49.5 Å². The van der Waals surface area contributed by atoms with Crippen LogP contribution in [-0.4, -0.2) is 225 Å². The van der Waals surface area contributed by atoms with Crippen molar-refractivity contribution in [2.75, 3.05) is 41.2 Å². The third kappa shape index (κ3) is 8.07. The largest absolute Gasteiger partial charge is 0.504 e. The molecule has 2 unspecified atom stereocenters. The van der Waals surface area contributed by atoms with Crippen LogP contribution < -0.4 is 23.7 Å². The molecule has 2 heterocycles. The fourth-order valence-electron chi connectivity index (χ4n) is 11.3. The van der Waals surface area contributed by atoms with Crippen molar-refractivity contribution in [2.24, 2.45) is 17.8 Å². The van der Waals surface area contributed by atoms with E-state index in [0.29, 0.717) is 6.54 Å². The number of aliphatic hydroxyl groups is 17. The smallest absolute Gasteiger partial charge is 0.294 e. The number of likely N-dealkylation sites (tertiary alicyclic amines) is 2. The van der Waals surface area contributed by atoms with Crippen LogP contribution in [0.5, 0.6) is 74.7 Å². The number of hydrogen-bond donors (Lipinski definition) is 25. The molecule has 2 fully saturated rings. The fraction of sp³-hybridized carbons (Fsp3) is 0.458. The highest BCUT2D eigenvalue weighted by molar-refractivity contribution is 6.09. The van der Waals surface area contributed by atoms with Gasteiger partial charge in [0.1, 0.15) is 11.5 Å². The average Bonchev–Trinajstić information content (AvgIpc) is 0.750. The number of ketones is 2. The van der Waals surface area contributed by atoms with E-state index in [1.807, 2.05) is 35.2 Å². The summed E-state index contributed by atoms with van der Waals surface area (Å²) in [7, 11) is 2.49. The monoisotopic (exact) mass is 1170 g/mol. The Morgan fingerprint density at radius 2 is 0.963 bits per heavy atom. The van der Waals surface area contributed by atoms with Crippen molar-refractivity contribution in [3.05, 3.63) is 63.7 Å². The molecule has 8 rings (SSSR count). The number of carbonyl (C=O) groups is 2. The van der Waals surface area contributed by atoms with Gasteiger partial charge in [0.25, 0.3) is 29.3 Å². The van der Waals surface area contributed by atoms with Gasteiger partial charge in [0.2, 0.25) is 58.6 Å². The molecule has 4 aromatic rings. The molecule has 0 radical (unpaired) electrons. The van der Waals surface area contributed by atoms with E-state index in [9.17, 15) is 137 Å². The standard InChI is InChI=1S/C48H56N2O32/c1-78-35-25(52)19-21(30(57)36(35)79-2)42(64,65)18(24(19)51)13-40(61)45(70,71)47(74,75)50(48(76,77)46(40,72)73)44(68,69)23-28(55)32(59)34(33(60)29(23)56)81-15-82-38-26(53)20-22(31(58)37(38)80-3)43(66,67)39(27(20)54)41(62,63)17-9-11-49(12-10-17)14-16-7-5-4-6-8-16/h4-8,17-18,39,52-53,55-77H,9-15H2,1-3H3. The van der Waals surface area contributed by atoms with Crippen LogP contribution in [0.15, 0.2) is 30.3 Å². The average molecular weight is 1170 g/mol. The summed E-state index contributed by atoms with van der Waals surface area (Å²) in [6, 6.07) is 9.19. The van der Waals surface area contributed by atoms with E-state index < -0.39 is 202 Å². The minimum atomic E-state index is -5.60. The maximum absolute atomic E-state index is 14.0. The molecule has 82 heavy (non-hydrogen) atoms. The molecule has 25 N–H and O–H groups in total. The third-order valence-electron chi connectivity index (χ3n) is 15.5. The third-order valence-corrected chi connectivity index (χ3v) is 15.5. The Morgan fingerprint density at radius 3 is 1.45 bits per heavy atom. The predicted molar refractivity (Wildman–Crippen MR) is 254 cm³/mol. The zero-order chi connectivity index (χ0) is 61.5. The minimum Gasteiger partial charge on any atom is -0.504 e. The van der Waals surface area contributed by atoms with E-state index in [-0.39, 0.29) is 25.9 Å². The summed E-state index contributed by atoms with van der Waals surface area (Å²) >= 11 is 0. The highest BCUT2D eigenvalue weighted by Gasteiger charge is 2.88. The van der Waals surface area contributed by atoms with Crippen molar-refractivity contribution in [3.8, 4) is 74.7 Å². The summed E-state index contributed by atoms with van der Waals surface area (Å²) < 4.78 is 25.0. The van der Waals surface area contributed by atoms with E-state index in [4.69, 9.17) is 23.7 Å². The van der Waals surface area contributed by atoms with Crippen LogP contribution in [0.4, 0.5) is 0 Å². The van der Waals surface area contributed by atoms with Crippen LogP contribution in [0.2, 0.25) is 0 Å². The van der Waals surface area contributed by atoms with E-state index in [1.165, 1.54) is 0 Å². The molecule has 0 spiro atoms. The number of rotatable bonds is 15. The number of benzene rings is 4. The van der Waals surface area contributed by atoms with Crippen molar-refractivity contribution in [2.45, 2.75) is 78.1 Å². The van der Waals surface area contributed by atoms with Crippen molar-refractivity contribution < 1.29 is 161 Å². The highest BCUT2D eigenvalue weighted by atomic mass is 16.7. The molecule has 0 amide bonds. The molecule has 34 heteroatoms. The van der Waals surface area contributed by atoms with Gasteiger partial charge >= 0.3 is 0 Å². The van der Waals surface area contributed by atoms with E-state index >= 15 is 0 Å². The van der Waals surface area contributed by atoms with Crippen LogP contribution in [-0.2, 0) is 24.0 Å². The fourth-order valence-corrected chi connectivity index (χ4v) is 11.3. The van der Waals surface area contributed by atoms with Crippen LogP contribution >= 0.6 is 0 Å². The predicted octanol–water partition coefficient (Wildman–Crippen LogP) is -6.86. The highest BCUT2D eigenvalue weighted by Crippen LogP contribution is 2.64. The van der Waals surface area contributed by atoms with Gasteiger partial charge in [-0.3, -0.25) is 14.5 Å². The summed E-state index contributed by atoms with van der Waals surface area (Å²) in [6.45, 7) is -0.634. The molecule has 34 nitrogen and oxygen atoms in total. The molecular formula is C48H56N2O32. The zero-order valence-electron chi connectivity index (χ0n) is 42.5. The molecule has 2 aliphatic heterocycles. The van der Waals surface area contributed by atoms with Crippen LogP contribution in [0.25, 0.3) is 0 Å². The van der Waals surface area contributed by atoms with Gasteiger partial charge in [-0.2, -0.15) is 0 Å². The second kappa shape index (κ2) is 19.5. The first-order valence-electron chi connectivity index (χ1n) is 23.8. The Balaban J connectivity index is 1.07. The first-order valence-corrected chi connectivity index (χ1v) is 23.8. The summed E-state index contributed by atoms with van der Waals surface area (Å²) in [5.74, 6) is -68.8. The topological polar surface area (TPSA) is 593 Å². The number of nitrogens with zero attached hydrogens (tertiary/aromatic N) is 2. The van der Waals surface area contributed by atoms with Crippen molar-refractivity contribution in [1.82, 2.24) is 9.80 Å². The molecule has 0 bridgehead atoms. The lowest BCUT2D eigenvalue weighted by Crippen LogP contribution is -2.95. The molecule has 2 aliphatic carbocycles. The van der Waals surface area contributed by atoms with Crippen LogP contribution in [0.1, 0.15) is 62.2 Å². The van der Waals surface area contributed by atoms with E-state index in [0.717, 1.165) is 26.9 Å². The van der Waals surface area contributed by atoms with Crippen LogP contribution in [0.3, 0.4) is 0 Å². The van der Waals surface area contributed by atoms with E-state index in [2.05, 4.69) is 0 Å². The van der Waals surface area contributed by atoms with Gasteiger partial charge in [0, 0.05) is 18.9 Å². The second-order valence-corrected chi connectivity index (χ2v) is 20.0. The number of methoxy groups -OCH3 is 3. The Morgan fingerprint density at radius 1 is 0.537 bits per heavy atom. The van der Waals surface area contributed by atoms with Crippen molar-refractivity contribution in [3.63, 3.8) is 0 Å². The summed E-state index contributed by atoms with van der Waals surface area (Å²) in [6.07, 6.45) is -2.51. The van der Waals surface area contributed by atoms with Gasteiger partial charge in [-0.1, -0.05) is 30.3 Å². The molecule has 4 aliphatic rings. The van der Waals surface area contributed by atoms with Gasteiger partial charge in [-0.15, -0.1) is 4.90 Å². The molecular weight excluding hydrogens is 1120 g/mol. The maximum Gasteiger partial charge on any atom is 0.294 e. The molecule has 2 saturated heterocycles. The lowest BCUT2D eigenvalue weighted by atomic mass is 9.68. The summed E-state index contributed by atoms with van der Waals surface area (Å²) in [5.41, 5.74) is -11.7. The lowest BCUT2D eigenvalue weighted by molar-refractivity contribution is -0.629. The van der Waals surface area contributed by atoms with Gasteiger partial charge in [-0.05, 0) is 31.5 Å². The summed E-state index contributed by atoms with van der Waals surface area (Å²) in [4.78, 5) is 27.8. The van der Waals surface area contributed by atoms with E-state index in [1.54, 1.807) is 0 Å². The number of phenolic OH excluding ortho intramolecular Hbond substituents is 8. The normalized spacial score (nSPS) is 22.6. The van der Waals surface area contributed by atoms with Gasteiger partial charge < -0.3 is 151 Å². The zero-order valence-corrected chi connectivity index (χ0v) is 42.5. The Kier molecular flexibility index (Phi) is 14.5. The number of phenols is 8. The number of hydrogen-bond acceptors (Lipinski definition) is 34. The quantitative estimate of drug-likeness (QED) is 0.0299. The van der Waals surface area contributed by atoms with Crippen molar-refractivity contribution >= 4 is 11.6 Å². The Labute approximate surface area is 457 Å². The number of ether oxygens (including phenoxy) is 5. The Hall–Kier alpha value is -7.14. The SMILES string of the molecule is COc1c(O)c2c(c(O)c1OC)C(O)(O)C(CC1(O)C(O)(O)C(O)(O)N(C(O)(O)c3c(O)c(O)c(OCOc4c(O)c5c(c(O)c4OC)C(O)(O)C(C(O)(O)C4CCN(Cc6ccccc6)CC4)C5=O)c(O)c3O)C(O)(O)C1(O)O)C2=O. The number of carbonyl (C=O) groups excluding carboxylic acids is 2. The molecule has 450 valence electrons. The van der Waals surface area contributed by atoms with Gasteiger partial charge in [0.15, 0.2) is 57.5 Å². The van der Waals surface area contributed by atoms with Crippen molar-refractivity contribution in [1.29, 1.82) is 0 Å². The second-order valence-electron chi connectivity index (χ2n) is 20.0. The summed E-state index contributed by atoms with van der Waals surface area (Å²) in [5, 5.41) is 281. The lowest BCUT2D eigenvalue weighted by Gasteiger charge is -2.65. The maximum atomic E-state index is 14.0. The first-order chi connectivity index (χ1) is 37.7. The van der Waals surface area contributed by atoms with Gasteiger partial charge in [-0.25, -0.2) is 0 Å². The molecule has 2 atom stereocenters. The number of aromatic hydroxyl groups is 8. The number of piperidine rings is 2. The molecule has 0 saturated carbocycles. The molecule has 4 aromatic carbocycles. The number of Topliss-reactive ketones (excluding diaryl/α,β-unsaturated/α-hetero) is 2. The molecule has 0 aromatic heterocycles. The number of fused-ring (bicyclic) bond motifs is 2.